The van der Waals surface area contributed by atoms with Gasteiger partial charge in [0.15, 0.2) is 0 Å². The number of hydrogen-bond donors (Lipinski definition) is 1. The number of piperidine rings is 2. The van der Waals surface area contributed by atoms with Crippen molar-refractivity contribution < 1.29 is 14.6 Å². The van der Waals surface area contributed by atoms with Gasteiger partial charge in [0.05, 0.1) is 5.60 Å². The summed E-state index contributed by atoms with van der Waals surface area (Å²) in [6.45, 7) is 2.58. The molecule has 1 aliphatic carbocycles. The zero-order chi connectivity index (χ0) is 26.8. The third-order valence-corrected chi connectivity index (χ3v) is 9.37. The third kappa shape index (κ3) is 5.12. The van der Waals surface area contributed by atoms with E-state index < -0.39 is 5.60 Å². The first-order valence-corrected chi connectivity index (χ1v) is 15.0. The van der Waals surface area contributed by atoms with Gasteiger partial charge in [-0.1, -0.05) is 99.0 Å². The molecule has 2 bridgehead atoms. The molecule has 4 nitrogen and oxygen atoms in total. The van der Waals surface area contributed by atoms with Crippen molar-refractivity contribution in [2.75, 3.05) is 6.61 Å². The number of rotatable bonds is 8. The third-order valence-electron chi connectivity index (χ3n) is 9.37. The Labute approximate surface area is 233 Å². The molecule has 2 aliphatic heterocycles. The van der Waals surface area contributed by atoms with Crippen molar-refractivity contribution in [3.05, 3.63) is 95.1 Å². The maximum Gasteiger partial charge on any atom is 0.410 e. The number of amides is 1. The van der Waals surface area contributed by atoms with Gasteiger partial charge in [-0.3, -0.25) is 0 Å². The van der Waals surface area contributed by atoms with Gasteiger partial charge in [0, 0.05) is 30.8 Å². The Bertz CT molecular complexity index is 1240. The first-order valence-electron chi connectivity index (χ1n) is 15.0. The molecule has 3 aromatic rings. The van der Waals surface area contributed by atoms with Gasteiger partial charge in [0.1, 0.15) is 6.61 Å². The van der Waals surface area contributed by atoms with Crippen molar-refractivity contribution >= 4 is 6.09 Å². The molecule has 2 unspecified atom stereocenters. The lowest BCUT2D eigenvalue weighted by Crippen LogP contribution is -2.59. The maximum atomic E-state index is 13.6. The molecule has 2 atom stereocenters. The van der Waals surface area contributed by atoms with Gasteiger partial charge in [-0.05, 0) is 65.5 Å². The molecular weight excluding hydrogens is 482 g/mol. The van der Waals surface area contributed by atoms with Gasteiger partial charge in [-0.15, -0.1) is 0 Å². The summed E-state index contributed by atoms with van der Waals surface area (Å²) in [5, 5.41) is 11.8. The predicted molar refractivity (Wildman–Crippen MR) is 156 cm³/mol. The number of ether oxygens (including phenoxy) is 1. The number of hydrogen-bond acceptors (Lipinski definition) is 3. The Morgan fingerprint density at radius 2 is 1.49 bits per heavy atom. The highest BCUT2D eigenvalue weighted by molar-refractivity contribution is 5.79. The summed E-state index contributed by atoms with van der Waals surface area (Å²) in [7, 11) is 0. The monoisotopic (exact) mass is 523 g/mol. The Kier molecular flexibility index (Phi) is 7.49. The molecule has 2 heterocycles. The van der Waals surface area contributed by atoms with Gasteiger partial charge in [-0.25, -0.2) is 4.79 Å². The molecule has 3 aliphatic rings. The zero-order valence-electron chi connectivity index (χ0n) is 23.1. The summed E-state index contributed by atoms with van der Waals surface area (Å²) >= 11 is 0. The smallest absolute Gasteiger partial charge is 0.410 e. The van der Waals surface area contributed by atoms with Crippen LogP contribution >= 0.6 is 0 Å². The van der Waals surface area contributed by atoms with Crippen LogP contribution in [0.25, 0.3) is 11.1 Å². The van der Waals surface area contributed by atoms with E-state index in [2.05, 4.69) is 79.7 Å². The lowest BCUT2D eigenvalue weighted by atomic mass is 9.72. The van der Waals surface area contributed by atoms with Crippen molar-refractivity contribution in [2.45, 2.75) is 94.7 Å². The second-order valence-electron chi connectivity index (χ2n) is 11.9. The molecule has 3 aromatic carbocycles. The Hall–Kier alpha value is -3.11. The minimum absolute atomic E-state index is 0.00636. The summed E-state index contributed by atoms with van der Waals surface area (Å²) < 4.78 is 6.07. The SMILES string of the molecule is CCCCCCc1ccc(C2(O)CC3CCCC(C2)N3C(=O)OCC2c3ccccc3-c3ccccc32)cc1. The van der Waals surface area contributed by atoms with Crippen molar-refractivity contribution in [3.63, 3.8) is 0 Å². The predicted octanol–water partition coefficient (Wildman–Crippen LogP) is 7.96. The quantitative estimate of drug-likeness (QED) is 0.305. The second kappa shape index (κ2) is 11.2. The van der Waals surface area contributed by atoms with Gasteiger partial charge < -0.3 is 14.7 Å². The van der Waals surface area contributed by atoms with Crippen LogP contribution < -0.4 is 0 Å². The number of carbonyl (C=O) groups is 1. The van der Waals surface area contributed by atoms with E-state index >= 15 is 0 Å². The topological polar surface area (TPSA) is 49.8 Å². The summed E-state index contributed by atoms with van der Waals surface area (Å²) in [6.07, 6.45) is 9.98. The molecule has 2 saturated heterocycles. The number of aliphatic hydroxyl groups is 1. The van der Waals surface area contributed by atoms with E-state index in [1.165, 1.54) is 53.5 Å². The van der Waals surface area contributed by atoms with Crippen molar-refractivity contribution in [1.82, 2.24) is 4.90 Å². The van der Waals surface area contributed by atoms with Gasteiger partial charge in [0.2, 0.25) is 0 Å². The highest BCUT2D eigenvalue weighted by Crippen LogP contribution is 2.46. The molecule has 204 valence electrons. The highest BCUT2D eigenvalue weighted by atomic mass is 16.6. The van der Waals surface area contributed by atoms with Crippen LogP contribution in [0.1, 0.15) is 92.9 Å². The lowest BCUT2D eigenvalue weighted by molar-refractivity contribution is -0.0891. The average Bonchev–Trinajstić information content (AvgIpc) is 3.27. The molecule has 0 radical (unpaired) electrons. The molecule has 39 heavy (non-hydrogen) atoms. The zero-order valence-corrected chi connectivity index (χ0v) is 23.1. The summed E-state index contributed by atoms with van der Waals surface area (Å²) in [6, 6.07) is 25.5. The largest absolute Gasteiger partial charge is 0.448 e. The molecule has 0 aromatic heterocycles. The van der Waals surface area contributed by atoms with Crippen LogP contribution in [0.15, 0.2) is 72.8 Å². The van der Waals surface area contributed by atoms with Gasteiger partial charge >= 0.3 is 6.09 Å². The average molecular weight is 524 g/mol. The summed E-state index contributed by atoms with van der Waals surface area (Å²) in [5.41, 5.74) is 6.37. The van der Waals surface area contributed by atoms with Crippen molar-refractivity contribution in [2.24, 2.45) is 0 Å². The Morgan fingerprint density at radius 3 is 2.10 bits per heavy atom. The number of benzene rings is 3. The summed E-state index contributed by atoms with van der Waals surface area (Å²) in [5.74, 6) is 0.0587. The van der Waals surface area contributed by atoms with E-state index in [1.807, 2.05) is 4.90 Å². The van der Waals surface area contributed by atoms with Crippen LogP contribution in [0.3, 0.4) is 0 Å². The van der Waals surface area contributed by atoms with Crippen LogP contribution in [0.5, 0.6) is 0 Å². The molecule has 1 N–H and O–H groups in total. The van der Waals surface area contributed by atoms with Crippen molar-refractivity contribution in [3.8, 4) is 11.1 Å². The molecule has 0 saturated carbocycles. The first-order chi connectivity index (χ1) is 19.1. The van der Waals surface area contributed by atoms with Crippen LogP contribution in [-0.2, 0) is 16.8 Å². The van der Waals surface area contributed by atoms with E-state index in [0.29, 0.717) is 19.4 Å². The maximum absolute atomic E-state index is 13.6. The molecule has 1 amide bonds. The number of carbonyl (C=O) groups excluding carboxylic acids is 1. The molecule has 0 spiro atoms. The minimum Gasteiger partial charge on any atom is -0.448 e. The van der Waals surface area contributed by atoms with Crippen molar-refractivity contribution in [1.29, 1.82) is 0 Å². The standard InChI is InChI=1S/C35H41NO3/c1-2-3-4-5-11-25-18-20-26(21-19-25)35(38)22-27-12-10-13-28(23-35)36(27)34(37)39-24-33-31-16-8-6-14-29(31)30-15-7-9-17-32(30)33/h6-9,14-21,27-28,33,38H,2-5,10-13,22-24H2,1H3. The number of fused-ring (bicyclic) bond motifs is 5. The van der Waals surface area contributed by atoms with Crippen LogP contribution in [0.4, 0.5) is 4.79 Å². The number of aryl methyl sites for hydroxylation is 1. The fourth-order valence-corrected chi connectivity index (χ4v) is 7.37. The Balaban J connectivity index is 1.12. The van der Waals surface area contributed by atoms with E-state index in [9.17, 15) is 9.90 Å². The highest BCUT2D eigenvalue weighted by Gasteiger charge is 2.48. The molecular formula is C35H41NO3. The normalized spacial score (nSPS) is 23.8. The molecule has 2 fully saturated rings. The Morgan fingerprint density at radius 1 is 0.872 bits per heavy atom. The molecule has 6 rings (SSSR count). The molecule has 4 heteroatoms. The number of unbranched alkanes of at least 4 members (excludes halogenated alkanes) is 3. The fourth-order valence-electron chi connectivity index (χ4n) is 7.37. The minimum atomic E-state index is -0.892. The van der Waals surface area contributed by atoms with Crippen LogP contribution in [0.2, 0.25) is 0 Å². The van der Waals surface area contributed by atoms with Crippen LogP contribution in [-0.4, -0.2) is 34.8 Å². The summed E-state index contributed by atoms with van der Waals surface area (Å²) in [4.78, 5) is 15.5. The van der Waals surface area contributed by atoms with E-state index in [0.717, 1.165) is 31.2 Å². The van der Waals surface area contributed by atoms with Gasteiger partial charge in [-0.2, -0.15) is 0 Å². The lowest BCUT2D eigenvalue weighted by Gasteiger charge is -2.51. The van der Waals surface area contributed by atoms with Crippen LogP contribution in [0, 0.1) is 0 Å². The second-order valence-corrected chi connectivity index (χ2v) is 11.9. The fraction of sp³-hybridized carbons (Fsp3) is 0.457. The number of nitrogens with zero attached hydrogens (tertiary/aromatic N) is 1. The van der Waals surface area contributed by atoms with Gasteiger partial charge in [0.25, 0.3) is 0 Å². The van der Waals surface area contributed by atoms with E-state index in [-0.39, 0.29) is 24.1 Å². The van der Waals surface area contributed by atoms with E-state index in [4.69, 9.17) is 4.74 Å². The first kappa shape index (κ1) is 26.1. The van der Waals surface area contributed by atoms with E-state index in [1.54, 1.807) is 0 Å².